The molecular formula is C13H20N2O2. The Morgan fingerprint density at radius 3 is 2.53 bits per heavy atom. The molecule has 2 amide bonds. The average molecular weight is 236 g/mol. The Bertz CT molecular complexity index is 382. The molecule has 1 atom stereocenters. The predicted molar refractivity (Wildman–Crippen MR) is 68.3 cm³/mol. The van der Waals surface area contributed by atoms with E-state index in [-0.39, 0.29) is 13.8 Å². The molecule has 1 rings (SSSR count). The summed E-state index contributed by atoms with van der Waals surface area (Å²) in [5, 5.41) is 2.65. The molecule has 0 radical (unpaired) electrons. The zero-order valence-electron chi connectivity index (χ0n) is 9.98. The number of nitrogens with one attached hydrogen (secondary N) is 1. The zero-order chi connectivity index (χ0) is 12.7. The summed E-state index contributed by atoms with van der Waals surface area (Å²) >= 11 is 0. The highest BCUT2D eigenvalue weighted by molar-refractivity contribution is 5.87. The minimum Gasteiger partial charge on any atom is -0.368 e. The van der Waals surface area contributed by atoms with Crippen LogP contribution in [0.1, 0.15) is 26.8 Å². The number of carbonyl (C=O) groups is 2. The van der Waals surface area contributed by atoms with Gasteiger partial charge in [0.2, 0.25) is 11.8 Å². The molecule has 0 bridgehead atoms. The van der Waals surface area contributed by atoms with Crippen LogP contribution in [0.2, 0.25) is 0 Å². The third kappa shape index (κ3) is 4.68. The lowest BCUT2D eigenvalue weighted by Gasteiger charge is -2.14. The van der Waals surface area contributed by atoms with Crippen LogP contribution < -0.4 is 11.1 Å². The second kappa shape index (κ2) is 6.68. The van der Waals surface area contributed by atoms with Crippen molar-refractivity contribution < 1.29 is 11.0 Å². The highest BCUT2D eigenvalue weighted by atomic mass is 16.2. The molecule has 0 fully saturated rings. The fourth-order valence-corrected chi connectivity index (χ4v) is 1.60. The van der Waals surface area contributed by atoms with Gasteiger partial charge in [-0.2, -0.15) is 0 Å². The third-order valence-corrected chi connectivity index (χ3v) is 2.46. The first-order valence-electron chi connectivity index (χ1n) is 5.76. The molecule has 0 aliphatic heterocycles. The van der Waals surface area contributed by atoms with Gasteiger partial charge in [-0.15, -0.1) is 0 Å². The van der Waals surface area contributed by atoms with Gasteiger partial charge in [-0.3, -0.25) is 9.59 Å². The standard InChI is InChI=1S/C13H18N2O2.H2/c1-2-6-11(13(14)17)15-12(16)9-10-7-4-3-5-8-10;/h3-5,7-8,11H,2,6,9H2,1H3,(H2,14,17)(H,15,16);1H. The van der Waals surface area contributed by atoms with E-state index in [9.17, 15) is 9.59 Å². The SMILES string of the molecule is CCCC(NC(=O)Cc1ccccc1)C(N)=O.[HH]. The predicted octanol–water partition coefficient (Wildman–Crippen LogP) is 1.25. The van der Waals surface area contributed by atoms with E-state index < -0.39 is 11.9 Å². The number of carbonyl (C=O) groups excluding carboxylic acids is 2. The van der Waals surface area contributed by atoms with Gasteiger partial charge in [-0.1, -0.05) is 43.7 Å². The molecule has 0 saturated carbocycles. The summed E-state index contributed by atoms with van der Waals surface area (Å²) in [5.74, 6) is -0.651. The van der Waals surface area contributed by atoms with Crippen LogP contribution >= 0.6 is 0 Å². The Hall–Kier alpha value is -1.84. The van der Waals surface area contributed by atoms with Gasteiger partial charge in [0.1, 0.15) is 6.04 Å². The van der Waals surface area contributed by atoms with Crippen LogP contribution in [0.3, 0.4) is 0 Å². The number of amides is 2. The van der Waals surface area contributed by atoms with E-state index in [0.29, 0.717) is 6.42 Å². The highest BCUT2D eigenvalue weighted by Gasteiger charge is 2.16. The van der Waals surface area contributed by atoms with Crippen LogP contribution in [0.4, 0.5) is 0 Å². The summed E-state index contributed by atoms with van der Waals surface area (Å²) in [6, 6.07) is 8.83. The smallest absolute Gasteiger partial charge is 0.239 e. The number of rotatable bonds is 6. The minimum atomic E-state index is -0.559. The van der Waals surface area contributed by atoms with E-state index in [1.165, 1.54) is 0 Å². The van der Waals surface area contributed by atoms with Gasteiger partial charge in [-0.25, -0.2) is 0 Å². The van der Waals surface area contributed by atoms with Crippen LogP contribution in [0.15, 0.2) is 30.3 Å². The summed E-state index contributed by atoms with van der Waals surface area (Å²) in [7, 11) is 0. The lowest BCUT2D eigenvalue weighted by molar-refractivity contribution is -0.127. The van der Waals surface area contributed by atoms with E-state index >= 15 is 0 Å². The van der Waals surface area contributed by atoms with Gasteiger partial charge in [-0.05, 0) is 12.0 Å². The van der Waals surface area contributed by atoms with E-state index in [2.05, 4.69) is 5.32 Å². The lowest BCUT2D eigenvalue weighted by Crippen LogP contribution is -2.44. The summed E-state index contributed by atoms with van der Waals surface area (Å²) in [4.78, 5) is 22.8. The van der Waals surface area contributed by atoms with Crippen LogP contribution in [-0.4, -0.2) is 17.9 Å². The molecular weight excluding hydrogens is 216 g/mol. The third-order valence-electron chi connectivity index (χ3n) is 2.46. The van der Waals surface area contributed by atoms with Gasteiger partial charge in [0.25, 0.3) is 0 Å². The van der Waals surface area contributed by atoms with Gasteiger partial charge in [0, 0.05) is 1.43 Å². The fraction of sp³-hybridized carbons (Fsp3) is 0.385. The number of primary amides is 1. The van der Waals surface area contributed by atoms with Crippen molar-refractivity contribution in [2.75, 3.05) is 0 Å². The quantitative estimate of drug-likeness (QED) is 0.780. The van der Waals surface area contributed by atoms with Crippen molar-refractivity contribution >= 4 is 11.8 Å². The molecule has 94 valence electrons. The van der Waals surface area contributed by atoms with Gasteiger partial charge in [0.15, 0.2) is 0 Å². The molecule has 4 nitrogen and oxygen atoms in total. The number of benzene rings is 1. The van der Waals surface area contributed by atoms with Gasteiger partial charge < -0.3 is 11.1 Å². The molecule has 4 heteroatoms. The summed E-state index contributed by atoms with van der Waals surface area (Å²) in [5.41, 5.74) is 6.13. The molecule has 1 aromatic carbocycles. The molecule has 0 aliphatic rings. The van der Waals surface area contributed by atoms with Crippen molar-refractivity contribution in [3.63, 3.8) is 0 Å². The first-order chi connectivity index (χ1) is 8.13. The number of hydrogen-bond acceptors (Lipinski definition) is 2. The Morgan fingerprint density at radius 1 is 1.35 bits per heavy atom. The molecule has 0 heterocycles. The molecule has 1 unspecified atom stereocenters. The Labute approximate surface area is 103 Å². The Kier molecular flexibility index (Phi) is 5.20. The van der Waals surface area contributed by atoms with Crippen molar-refractivity contribution in [3.8, 4) is 0 Å². The van der Waals surface area contributed by atoms with E-state index in [1.54, 1.807) is 0 Å². The van der Waals surface area contributed by atoms with E-state index in [1.807, 2.05) is 37.3 Å². The summed E-state index contributed by atoms with van der Waals surface area (Å²) in [6.45, 7) is 1.94. The Morgan fingerprint density at radius 2 is 2.00 bits per heavy atom. The molecule has 0 saturated heterocycles. The van der Waals surface area contributed by atoms with Crippen molar-refractivity contribution in [2.45, 2.75) is 32.2 Å². The normalized spacial score (nSPS) is 11.8. The summed E-state index contributed by atoms with van der Waals surface area (Å²) < 4.78 is 0. The van der Waals surface area contributed by atoms with Gasteiger partial charge in [0.05, 0.1) is 6.42 Å². The van der Waals surface area contributed by atoms with Crippen molar-refractivity contribution in [1.29, 1.82) is 0 Å². The van der Waals surface area contributed by atoms with Crippen LogP contribution in [-0.2, 0) is 16.0 Å². The summed E-state index contributed by atoms with van der Waals surface area (Å²) in [6.07, 6.45) is 1.66. The second-order valence-corrected chi connectivity index (χ2v) is 3.97. The van der Waals surface area contributed by atoms with E-state index in [4.69, 9.17) is 5.73 Å². The van der Waals surface area contributed by atoms with Gasteiger partial charge >= 0.3 is 0 Å². The largest absolute Gasteiger partial charge is 0.368 e. The monoisotopic (exact) mass is 236 g/mol. The van der Waals surface area contributed by atoms with Crippen molar-refractivity contribution in [1.82, 2.24) is 5.32 Å². The molecule has 1 aromatic rings. The first kappa shape index (κ1) is 13.2. The van der Waals surface area contributed by atoms with E-state index in [0.717, 1.165) is 12.0 Å². The van der Waals surface area contributed by atoms with Crippen LogP contribution in [0, 0.1) is 0 Å². The minimum absolute atomic E-state index is 0. The number of nitrogens with two attached hydrogens (primary N) is 1. The molecule has 0 aromatic heterocycles. The average Bonchev–Trinajstić information content (AvgIpc) is 2.29. The maximum absolute atomic E-state index is 11.7. The molecule has 0 spiro atoms. The fourth-order valence-electron chi connectivity index (χ4n) is 1.60. The lowest BCUT2D eigenvalue weighted by atomic mass is 10.1. The van der Waals surface area contributed by atoms with Crippen LogP contribution in [0.5, 0.6) is 0 Å². The van der Waals surface area contributed by atoms with Crippen molar-refractivity contribution in [3.05, 3.63) is 35.9 Å². The maximum atomic E-state index is 11.7. The van der Waals surface area contributed by atoms with Crippen molar-refractivity contribution in [2.24, 2.45) is 5.73 Å². The van der Waals surface area contributed by atoms with Crippen LogP contribution in [0.25, 0.3) is 0 Å². The molecule has 3 N–H and O–H groups in total. The number of hydrogen-bond donors (Lipinski definition) is 2. The second-order valence-electron chi connectivity index (χ2n) is 3.97. The Balaban J connectivity index is 0.00000289. The first-order valence-corrected chi connectivity index (χ1v) is 5.76. The highest BCUT2D eigenvalue weighted by Crippen LogP contribution is 2.01. The maximum Gasteiger partial charge on any atom is 0.239 e. The topological polar surface area (TPSA) is 72.2 Å². The molecule has 0 aliphatic carbocycles. The zero-order valence-corrected chi connectivity index (χ0v) is 9.98. The molecule has 17 heavy (non-hydrogen) atoms.